The van der Waals surface area contributed by atoms with Gasteiger partial charge in [0.1, 0.15) is 6.10 Å². The van der Waals surface area contributed by atoms with Crippen LogP contribution in [0.2, 0.25) is 0 Å². The van der Waals surface area contributed by atoms with Gasteiger partial charge < -0.3 is 14.2 Å². The molecular formula is C11H20O3. The Morgan fingerprint density at radius 1 is 1.29 bits per heavy atom. The molecule has 2 aliphatic heterocycles. The highest BCUT2D eigenvalue weighted by molar-refractivity contribution is 4.84. The molecule has 2 aliphatic rings. The Bertz CT molecular complexity index is 187. The first-order valence-corrected chi connectivity index (χ1v) is 5.62. The summed E-state index contributed by atoms with van der Waals surface area (Å²) in [6.07, 6.45) is 4.97. The first-order chi connectivity index (χ1) is 6.61. The van der Waals surface area contributed by atoms with E-state index in [9.17, 15) is 0 Å². The number of hydrogen-bond donors (Lipinski definition) is 0. The van der Waals surface area contributed by atoms with Gasteiger partial charge in [0.25, 0.3) is 0 Å². The Kier molecular flexibility index (Phi) is 2.82. The molecule has 0 spiro atoms. The second kappa shape index (κ2) is 3.80. The van der Waals surface area contributed by atoms with Gasteiger partial charge in [0, 0.05) is 6.42 Å². The molecule has 3 atom stereocenters. The molecule has 0 radical (unpaired) electrons. The molecule has 0 aromatic heterocycles. The maximum Gasteiger partial charge on any atom is 0.187 e. The molecular weight excluding hydrogens is 180 g/mol. The summed E-state index contributed by atoms with van der Waals surface area (Å²) in [6, 6.07) is 0. The lowest BCUT2D eigenvalue weighted by molar-refractivity contribution is -0.205. The molecule has 0 aromatic rings. The van der Waals surface area contributed by atoms with Gasteiger partial charge in [-0.2, -0.15) is 0 Å². The minimum atomic E-state index is -0.453. The average Bonchev–Trinajstić information content (AvgIpc) is 2.53. The standard InChI is InChI=1S/C11H20O3/c1-4-5-6-8-7-9-10(12-8)14-11(2,3)13-9/h8-10H,4-7H2,1-3H3/t8-,9+,10+/m0/s1. The molecule has 0 bridgehead atoms. The SMILES string of the molecule is CCCC[C@H]1C[C@H]2OC(C)(C)O[C@H]2O1. The molecule has 82 valence electrons. The van der Waals surface area contributed by atoms with Gasteiger partial charge in [-0.1, -0.05) is 19.8 Å². The van der Waals surface area contributed by atoms with Crippen LogP contribution in [-0.2, 0) is 14.2 Å². The summed E-state index contributed by atoms with van der Waals surface area (Å²) in [5.74, 6) is -0.453. The quantitative estimate of drug-likeness (QED) is 0.700. The van der Waals surface area contributed by atoms with Crippen molar-refractivity contribution in [2.24, 2.45) is 0 Å². The Hall–Kier alpha value is -0.120. The molecule has 0 aromatic carbocycles. The molecule has 3 heteroatoms. The normalized spacial score (nSPS) is 40.1. The maximum atomic E-state index is 5.78. The number of unbranched alkanes of at least 4 members (excludes halogenated alkanes) is 1. The van der Waals surface area contributed by atoms with Crippen LogP contribution in [0.1, 0.15) is 46.5 Å². The third kappa shape index (κ3) is 2.10. The second-order valence-corrected chi connectivity index (χ2v) is 4.68. The summed E-state index contributed by atoms with van der Waals surface area (Å²) in [4.78, 5) is 0. The van der Waals surface area contributed by atoms with Gasteiger partial charge in [-0.15, -0.1) is 0 Å². The fourth-order valence-electron chi connectivity index (χ4n) is 2.20. The summed E-state index contributed by atoms with van der Waals surface area (Å²) in [6.45, 7) is 6.08. The topological polar surface area (TPSA) is 27.7 Å². The number of ether oxygens (including phenoxy) is 3. The smallest absolute Gasteiger partial charge is 0.187 e. The first-order valence-electron chi connectivity index (χ1n) is 5.62. The van der Waals surface area contributed by atoms with Crippen molar-refractivity contribution in [2.45, 2.75) is 70.7 Å². The summed E-state index contributed by atoms with van der Waals surface area (Å²) in [5, 5.41) is 0. The van der Waals surface area contributed by atoms with Crippen LogP contribution in [0.25, 0.3) is 0 Å². The number of rotatable bonds is 3. The molecule has 0 unspecified atom stereocenters. The second-order valence-electron chi connectivity index (χ2n) is 4.68. The predicted octanol–water partition coefficient (Wildman–Crippen LogP) is 2.44. The van der Waals surface area contributed by atoms with E-state index in [1.165, 1.54) is 12.8 Å². The van der Waals surface area contributed by atoms with Crippen LogP contribution >= 0.6 is 0 Å². The summed E-state index contributed by atoms with van der Waals surface area (Å²) in [7, 11) is 0. The van der Waals surface area contributed by atoms with Crippen LogP contribution in [0, 0.1) is 0 Å². The maximum absolute atomic E-state index is 5.78. The van der Waals surface area contributed by atoms with Crippen molar-refractivity contribution in [1.29, 1.82) is 0 Å². The molecule has 14 heavy (non-hydrogen) atoms. The van der Waals surface area contributed by atoms with E-state index >= 15 is 0 Å². The monoisotopic (exact) mass is 200 g/mol. The van der Waals surface area contributed by atoms with Crippen molar-refractivity contribution >= 4 is 0 Å². The van der Waals surface area contributed by atoms with Crippen molar-refractivity contribution in [1.82, 2.24) is 0 Å². The fourth-order valence-corrected chi connectivity index (χ4v) is 2.20. The summed E-state index contributed by atoms with van der Waals surface area (Å²) in [5.41, 5.74) is 0. The number of hydrogen-bond acceptors (Lipinski definition) is 3. The largest absolute Gasteiger partial charge is 0.346 e. The minimum Gasteiger partial charge on any atom is -0.346 e. The predicted molar refractivity (Wildman–Crippen MR) is 52.8 cm³/mol. The summed E-state index contributed by atoms with van der Waals surface area (Å²) >= 11 is 0. The molecule has 0 N–H and O–H groups in total. The molecule has 2 heterocycles. The van der Waals surface area contributed by atoms with E-state index in [1.807, 2.05) is 13.8 Å². The fraction of sp³-hybridized carbons (Fsp3) is 1.00. The Balaban J connectivity index is 1.81. The van der Waals surface area contributed by atoms with Gasteiger partial charge in [-0.3, -0.25) is 0 Å². The Morgan fingerprint density at radius 2 is 2.07 bits per heavy atom. The Morgan fingerprint density at radius 3 is 2.71 bits per heavy atom. The minimum absolute atomic E-state index is 0.119. The van der Waals surface area contributed by atoms with Crippen LogP contribution in [-0.4, -0.2) is 24.3 Å². The zero-order valence-electron chi connectivity index (χ0n) is 9.29. The van der Waals surface area contributed by atoms with Crippen molar-refractivity contribution in [3.63, 3.8) is 0 Å². The van der Waals surface area contributed by atoms with Gasteiger partial charge in [0.2, 0.25) is 0 Å². The Labute approximate surface area is 85.7 Å². The third-order valence-corrected chi connectivity index (χ3v) is 2.84. The lowest BCUT2D eigenvalue weighted by Crippen LogP contribution is -2.24. The van der Waals surface area contributed by atoms with Crippen LogP contribution in [0.4, 0.5) is 0 Å². The van der Waals surface area contributed by atoms with Gasteiger partial charge >= 0.3 is 0 Å². The van der Waals surface area contributed by atoms with E-state index in [0.29, 0.717) is 6.10 Å². The zero-order valence-corrected chi connectivity index (χ0v) is 9.29. The van der Waals surface area contributed by atoms with Gasteiger partial charge in [-0.25, -0.2) is 0 Å². The van der Waals surface area contributed by atoms with Crippen LogP contribution in [0.15, 0.2) is 0 Å². The zero-order chi connectivity index (χ0) is 10.2. The molecule has 2 saturated heterocycles. The van der Waals surface area contributed by atoms with E-state index < -0.39 is 5.79 Å². The van der Waals surface area contributed by atoms with Crippen LogP contribution < -0.4 is 0 Å². The first kappa shape index (κ1) is 10.4. The van der Waals surface area contributed by atoms with Gasteiger partial charge in [0.15, 0.2) is 12.1 Å². The van der Waals surface area contributed by atoms with E-state index in [1.54, 1.807) is 0 Å². The van der Waals surface area contributed by atoms with Crippen LogP contribution in [0.3, 0.4) is 0 Å². The number of fused-ring (bicyclic) bond motifs is 1. The highest BCUT2D eigenvalue weighted by atomic mass is 16.8. The van der Waals surface area contributed by atoms with E-state index in [0.717, 1.165) is 12.8 Å². The van der Waals surface area contributed by atoms with Crippen molar-refractivity contribution in [2.75, 3.05) is 0 Å². The molecule has 0 saturated carbocycles. The van der Waals surface area contributed by atoms with Crippen molar-refractivity contribution < 1.29 is 14.2 Å². The van der Waals surface area contributed by atoms with Crippen molar-refractivity contribution in [3.05, 3.63) is 0 Å². The third-order valence-electron chi connectivity index (χ3n) is 2.84. The van der Waals surface area contributed by atoms with Gasteiger partial charge in [0.05, 0.1) is 6.10 Å². The molecule has 0 amide bonds. The van der Waals surface area contributed by atoms with Crippen LogP contribution in [0.5, 0.6) is 0 Å². The lowest BCUT2D eigenvalue weighted by atomic mass is 10.1. The van der Waals surface area contributed by atoms with Gasteiger partial charge in [-0.05, 0) is 20.3 Å². The molecule has 2 fully saturated rings. The van der Waals surface area contributed by atoms with E-state index in [-0.39, 0.29) is 12.4 Å². The molecule has 3 nitrogen and oxygen atoms in total. The van der Waals surface area contributed by atoms with Crippen molar-refractivity contribution in [3.8, 4) is 0 Å². The highest BCUT2D eigenvalue weighted by Crippen LogP contribution is 2.38. The lowest BCUT2D eigenvalue weighted by Gasteiger charge is -2.20. The average molecular weight is 200 g/mol. The van der Waals surface area contributed by atoms with E-state index in [2.05, 4.69) is 6.92 Å². The summed E-state index contributed by atoms with van der Waals surface area (Å²) < 4.78 is 17.1. The van der Waals surface area contributed by atoms with E-state index in [4.69, 9.17) is 14.2 Å². The molecule has 0 aliphatic carbocycles. The highest BCUT2D eigenvalue weighted by Gasteiger charge is 2.48. The molecule has 2 rings (SSSR count).